The third kappa shape index (κ3) is 6.40. The minimum absolute atomic E-state index is 0.403. The molecule has 0 radical (unpaired) electrons. The van der Waals surface area contributed by atoms with Crippen molar-refractivity contribution in [1.82, 2.24) is 5.32 Å². The van der Waals surface area contributed by atoms with Crippen molar-refractivity contribution in [3.63, 3.8) is 0 Å². The minimum atomic E-state index is 0.403. The van der Waals surface area contributed by atoms with Crippen molar-refractivity contribution >= 4 is 0 Å². The second-order valence-electron chi connectivity index (χ2n) is 5.41. The molecule has 0 aromatic heterocycles. The summed E-state index contributed by atoms with van der Waals surface area (Å²) >= 11 is 0. The fraction of sp³-hybridized carbons (Fsp3) is 0.647. The number of benzene rings is 1. The van der Waals surface area contributed by atoms with Gasteiger partial charge in [-0.1, -0.05) is 39.8 Å². The van der Waals surface area contributed by atoms with Crippen LogP contribution in [-0.2, 0) is 4.74 Å². The Morgan fingerprint density at radius 1 is 1.15 bits per heavy atom. The molecule has 3 nitrogen and oxygen atoms in total. The van der Waals surface area contributed by atoms with Crippen molar-refractivity contribution < 1.29 is 9.47 Å². The lowest BCUT2D eigenvalue weighted by Crippen LogP contribution is -2.20. The maximum atomic E-state index is 5.75. The molecule has 0 aliphatic heterocycles. The lowest BCUT2D eigenvalue weighted by Gasteiger charge is -2.17. The largest absolute Gasteiger partial charge is 0.491 e. The van der Waals surface area contributed by atoms with Crippen LogP contribution in [0.5, 0.6) is 5.75 Å². The molecule has 1 aromatic rings. The normalized spacial score (nSPS) is 12.7. The molecule has 0 saturated heterocycles. The molecule has 0 heterocycles. The molecule has 1 unspecified atom stereocenters. The number of nitrogens with one attached hydrogen (secondary N) is 1. The Morgan fingerprint density at radius 2 is 1.95 bits per heavy atom. The molecule has 3 heteroatoms. The SMILES string of the molecule is CCNC(CC)c1cccc(OCCOCC(C)C)c1. The zero-order valence-corrected chi connectivity index (χ0v) is 13.3. The highest BCUT2D eigenvalue weighted by atomic mass is 16.5. The summed E-state index contributed by atoms with van der Waals surface area (Å²) in [5.41, 5.74) is 1.29. The van der Waals surface area contributed by atoms with E-state index in [0.717, 1.165) is 25.3 Å². The van der Waals surface area contributed by atoms with Crippen LogP contribution in [0, 0.1) is 5.92 Å². The van der Waals surface area contributed by atoms with Gasteiger partial charge in [0.05, 0.1) is 6.61 Å². The van der Waals surface area contributed by atoms with Gasteiger partial charge >= 0.3 is 0 Å². The number of hydrogen-bond acceptors (Lipinski definition) is 3. The van der Waals surface area contributed by atoms with Gasteiger partial charge in [-0.05, 0) is 36.6 Å². The standard InChI is InChI=1S/C17H29NO2/c1-5-17(18-6-2)15-8-7-9-16(12-15)20-11-10-19-13-14(3)4/h7-9,12,14,17-18H,5-6,10-11,13H2,1-4H3. The van der Waals surface area contributed by atoms with Gasteiger partial charge in [0.15, 0.2) is 0 Å². The summed E-state index contributed by atoms with van der Waals surface area (Å²) in [6, 6.07) is 8.74. The summed E-state index contributed by atoms with van der Waals surface area (Å²) < 4.78 is 11.3. The van der Waals surface area contributed by atoms with E-state index in [9.17, 15) is 0 Å². The first-order valence-electron chi connectivity index (χ1n) is 7.71. The van der Waals surface area contributed by atoms with Crippen LogP contribution in [0.1, 0.15) is 45.7 Å². The molecule has 0 saturated carbocycles. The van der Waals surface area contributed by atoms with Crippen LogP contribution in [0.3, 0.4) is 0 Å². The predicted octanol–water partition coefficient (Wildman–Crippen LogP) is 3.80. The van der Waals surface area contributed by atoms with Gasteiger partial charge in [0, 0.05) is 12.6 Å². The van der Waals surface area contributed by atoms with E-state index in [-0.39, 0.29) is 0 Å². The lowest BCUT2D eigenvalue weighted by atomic mass is 10.0. The molecule has 1 N–H and O–H groups in total. The van der Waals surface area contributed by atoms with Gasteiger partial charge in [-0.15, -0.1) is 0 Å². The third-order valence-electron chi connectivity index (χ3n) is 3.07. The Morgan fingerprint density at radius 3 is 2.60 bits per heavy atom. The molecule has 1 atom stereocenters. The quantitative estimate of drug-likeness (QED) is 0.661. The summed E-state index contributed by atoms with van der Waals surface area (Å²) in [5, 5.41) is 3.48. The monoisotopic (exact) mass is 279 g/mol. The average Bonchev–Trinajstić information content (AvgIpc) is 2.44. The van der Waals surface area contributed by atoms with Crippen molar-refractivity contribution in [2.45, 2.75) is 40.2 Å². The second-order valence-corrected chi connectivity index (χ2v) is 5.41. The number of rotatable bonds is 10. The van der Waals surface area contributed by atoms with Gasteiger partial charge < -0.3 is 14.8 Å². The van der Waals surface area contributed by atoms with Crippen molar-refractivity contribution in [2.24, 2.45) is 5.92 Å². The van der Waals surface area contributed by atoms with Crippen LogP contribution < -0.4 is 10.1 Å². The maximum absolute atomic E-state index is 5.75. The van der Waals surface area contributed by atoms with Crippen molar-refractivity contribution in [3.8, 4) is 5.75 Å². The minimum Gasteiger partial charge on any atom is -0.491 e. The van der Waals surface area contributed by atoms with E-state index >= 15 is 0 Å². The summed E-state index contributed by atoms with van der Waals surface area (Å²) in [6.07, 6.45) is 1.08. The van der Waals surface area contributed by atoms with Crippen LogP contribution in [-0.4, -0.2) is 26.4 Å². The Balaban J connectivity index is 2.43. The fourth-order valence-electron chi connectivity index (χ4n) is 2.10. The number of hydrogen-bond donors (Lipinski definition) is 1. The van der Waals surface area contributed by atoms with E-state index < -0.39 is 0 Å². The lowest BCUT2D eigenvalue weighted by molar-refractivity contribution is 0.0818. The van der Waals surface area contributed by atoms with Gasteiger partial charge in [-0.2, -0.15) is 0 Å². The second kappa shape index (κ2) is 9.78. The zero-order valence-electron chi connectivity index (χ0n) is 13.3. The Hall–Kier alpha value is -1.06. The molecule has 0 bridgehead atoms. The average molecular weight is 279 g/mol. The van der Waals surface area contributed by atoms with E-state index in [0.29, 0.717) is 25.2 Å². The zero-order chi connectivity index (χ0) is 14.8. The fourth-order valence-corrected chi connectivity index (χ4v) is 2.10. The highest BCUT2D eigenvalue weighted by Crippen LogP contribution is 2.21. The maximum Gasteiger partial charge on any atom is 0.119 e. The Labute approximate surface area is 123 Å². The summed E-state index contributed by atoms with van der Waals surface area (Å²) in [6.45, 7) is 11.6. The van der Waals surface area contributed by atoms with Crippen LogP contribution in [0.15, 0.2) is 24.3 Å². The van der Waals surface area contributed by atoms with Crippen LogP contribution in [0.25, 0.3) is 0 Å². The van der Waals surface area contributed by atoms with E-state index in [1.807, 2.05) is 6.07 Å². The molecule has 0 fully saturated rings. The van der Waals surface area contributed by atoms with Crippen molar-refractivity contribution in [2.75, 3.05) is 26.4 Å². The first-order chi connectivity index (χ1) is 9.67. The summed E-state index contributed by atoms with van der Waals surface area (Å²) in [7, 11) is 0. The van der Waals surface area contributed by atoms with E-state index in [1.54, 1.807) is 0 Å². The van der Waals surface area contributed by atoms with Crippen LogP contribution in [0.4, 0.5) is 0 Å². The van der Waals surface area contributed by atoms with E-state index in [1.165, 1.54) is 5.56 Å². The molecule has 0 amide bonds. The molecular weight excluding hydrogens is 250 g/mol. The Bertz CT molecular complexity index is 366. The first kappa shape index (κ1) is 17.0. The van der Waals surface area contributed by atoms with Gasteiger partial charge in [0.2, 0.25) is 0 Å². The molecule has 1 aromatic carbocycles. The predicted molar refractivity (Wildman–Crippen MR) is 84.3 cm³/mol. The Kier molecular flexibility index (Phi) is 8.31. The molecular formula is C17H29NO2. The smallest absolute Gasteiger partial charge is 0.119 e. The van der Waals surface area contributed by atoms with Crippen LogP contribution in [0.2, 0.25) is 0 Å². The van der Waals surface area contributed by atoms with Gasteiger partial charge in [-0.25, -0.2) is 0 Å². The van der Waals surface area contributed by atoms with Gasteiger partial charge in [0.1, 0.15) is 12.4 Å². The molecule has 0 aliphatic carbocycles. The molecule has 20 heavy (non-hydrogen) atoms. The van der Waals surface area contributed by atoms with E-state index in [2.05, 4.69) is 51.2 Å². The summed E-state index contributed by atoms with van der Waals surface area (Å²) in [5.74, 6) is 1.50. The molecule has 1 rings (SSSR count). The van der Waals surface area contributed by atoms with Gasteiger partial charge in [0.25, 0.3) is 0 Å². The number of ether oxygens (including phenoxy) is 2. The van der Waals surface area contributed by atoms with Gasteiger partial charge in [-0.3, -0.25) is 0 Å². The third-order valence-corrected chi connectivity index (χ3v) is 3.07. The highest BCUT2D eigenvalue weighted by molar-refractivity contribution is 5.30. The van der Waals surface area contributed by atoms with Crippen LogP contribution >= 0.6 is 0 Å². The summed E-state index contributed by atoms with van der Waals surface area (Å²) in [4.78, 5) is 0. The molecule has 0 aliphatic rings. The van der Waals surface area contributed by atoms with Crippen molar-refractivity contribution in [3.05, 3.63) is 29.8 Å². The highest BCUT2D eigenvalue weighted by Gasteiger charge is 2.08. The van der Waals surface area contributed by atoms with Crippen molar-refractivity contribution in [1.29, 1.82) is 0 Å². The topological polar surface area (TPSA) is 30.5 Å². The molecule has 114 valence electrons. The molecule has 0 spiro atoms. The van der Waals surface area contributed by atoms with E-state index in [4.69, 9.17) is 9.47 Å². The first-order valence-corrected chi connectivity index (χ1v) is 7.71.